The molecule has 0 saturated heterocycles. The number of anilines is 1. The van der Waals surface area contributed by atoms with Gasteiger partial charge in [0.15, 0.2) is 0 Å². The van der Waals surface area contributed by atoms with Crippen molar-refractivity contribution in [1.29, 1.82) is 0 Å². The zero-order chi connectivity index (χ0) is 25.2. The molecule has 7 nitrogen and oxygen atoms in total. The molecule has 0 fully saturated rings. The molecule has 8 heteroatoms. The van der Waals surface area contributed by atoms with E-state index in [1.807, 2.05) is 50.2 Å². The van der Waals surface area contributed by atoms with Crippen LogP contribution in [0.2, 0.25) is 0 Å². The van der Waals surface area contributed by atoms with Crippen LogP contribution < -0.4 is 9.04 Å². The van der Waals surface area contributed by atoms with Crippen molar-refractivity contribution >= 4 is 32.5 Å². The van der Waals surface area contributed by atoms with Gasteiger partial charge in [-0.2, -0.15) is 8.42 Å². The predicted molar refractivity (Wildman–Crippen MR) is 134 cm³/mol. The molecule has 0 aliphatic rings. The van der Waals surface area contributed by atoms with E-state index >= 15 is 0 Å². The third-order valence-corrected chi connectivity index (χ3v) is 7.14. The number of furan rings is 1. The van der Waals surface area contributed by atoms with Crippen LogP contribution in [0.5, 0.6) is 5.75 Å². The minimum atomic E-state index is -4.00. The van der Waals surface area contributed by atoms with Crippen molar-refractivity contribution in [3.63, 3.8) is 0 Å². The number of rotatable bonds is 9. The second kappa shape index (κ2) is 9.84. The lowest BCUT2D eigenvalue weighted by atomic mass is 10.1. The van der Waals surface area contributed by atoms with Gasteiger partial charge in [-0.1, -0.05) is 50.2 Å². The van der Waals surface area contributed by atoms with Gasteiger partial charge in [0.05, 0.1) is 11.3 Å². The monoisotopic (exact) mass is 493 g/mol. The molecular formula is C27H27NO6S. The van der Waals surface area contributed by atoms with E-state index in [1.165, 1.54) is 22.5 Å². The molecule has 0 unspecified atom stereocenters. The molecule has 0 aliphatic heterocycles. The summed E-state index contributed by atoms with van der Waals surface area (Å²) in [6.45, 7) is 5.96. The van der Waals surface area contributed by atoms with Crippen LogP contribution in [0.15, 0.2) is 82.3 Å². The minimum Gasteiger partial charge on any atom is -0.487 e. The maximum Gasteiger partial charge on any atom is 0.335 e. The number of ether oxygens (including phenoxy) is 1. The highest BCUT2D eigenvalue weighted by Crippen LogP contribution is 2.37. The van der Waals surface area contributed by atoms with Crippen LogP contribution in [-0.4, -0.2) is 26.0 Å². The van der Waals surface area contributed by atoms with Crippen LogP contribution in [0.3, 0.4) is 0 Å². The molecule has 182 valence electrons. The van der Waals surface area contributed by atoms with Gasteiger partial charge in [-0.05, 0) is 65.6 Å². The number of hydrogen-bond acceptors (Lipinski definition) is 5. The zero-order valence-corrected chi connectivity index (χ0v) is 20.6. The Morgan fingerprint density at radius 1 is 1.00 bits per heavy atom. The van der Waals surface area contributed by atoms with Crippen molar-refractivity contribution in [2.45, 2.75) is 32.5 Å². The summed E-state index contributed by atoms with van der Waals surface area (Å²) in [6, 6.07) is 20.8. The summed E-state index contributed by atoms with van der Waals surface area (Å²) < 4.78 is 40.3. The Morgan fingerprint density at radius 2 is 1.66 bits per heavy atom. The number of hydrogen-bond donors (Lipinski definition) is 1. The fraction of sp³-hybridized carbons (Fsp3) is 0.222. The van der Waals surface area contributed by atoms with E-state index in [2.05, 4.69) is 0 Å². The first-order valence-electron chi connectivity index (χ1n) is 11.2. The molecule has 0 atom stereocenters. The first-order valence-corrected chi connectivity index (χ1v) is 12.7. The summed E-state index contributed by atoms with van der Waals surface area (Å²) in [5, 5.41) is 10.8. The molecule has 4 rings (SSSR count). The lowest BCUT2D eigenvalue weighted by Gasteiger charge is -2.27. The van der Waals surface area contributed by atoms with Crippen LogP contribution in [0.1, 0.15) is 35.5 Å². The Hall–Kier alpha value is -3.78. The fourth-order valence-electron chi connectivity index (χ4n) is 3.74. The first-order chi connectivity index (χ1) is 16.6. The lowest BCUT2D eigenvalue weighted by Crippen LogP contribution is -2.34. The van der Waals surface area contributed by atoms with Crippen molar-refractivity contribution in [1.82, 2.24) is 0 Å². The number of aromatic carboxylic acids is 1. The highest BCUT2D eigenvalue weighted by molar-refractivity contribution is 7.92. The van der Waals surface area contributed by atoms with E-state index in [0.29, 0.717) is 17.2 Å². The molecule has 1 N–H and O–H groups in total. The quantitative estimate of drug-likeness (QED) is 0.313. The van der Waals surface area contributed by atoms with Gasteiger partial charge in [0, 0.05) is 6.54 Å². The van der Waals surface area contributed by atoms with E-state index in [4.69, 9.17) is 14.3 Å². The highest BCUT2D eigenvalue weighted by Gasteiger charge is 2.31. The van der Waals surface area contributed by atoms with Crippen molar-refractivity contribution in [2.24, 2.45) is 5.92 Å². The molecule has 1 aromatic heterocycles. The molecule has 0 spiro atoms. The summed E-state index contributed by atoms with van der Waals surface area (Å²) >= 11 is 0. The summed E-state index contributed by atoms with van der Waals surface area (Å²) in [4.78, 5) is 11.1. The second-order valence-electron chi connectivity index (χ2n) is 8.75. The topological polar surface area (TPSA) is 97.0 Å². The average Bonchev–Trinajstić information content (AvgIpc) is 3.28. The van der Waals surface area contributed by atoms with Gasteiger partial charge in [-0.15, -0.1) is 0 Å². The molecule has 0 aliphatic carbocycles. The largest absolute Gasteiger partial charge is 0.487 e. The molecule has 0 amide bonds. The summed E-state index contributed by atoms with van der Waals surface area (Å²) in [6.07, 6.45) is 0. The molecule has 0 saturated carbocycles. The summed E-state index contributed by atoms with van der Waals surface area (Å²) in [7, 11) is -4.00. The number of benzene rings is 3. The van der Waals surface area contributed by atoms with Crippen molar-refractivity contribution in [3.8, 4) is 5.75 Å². The second-order valence-corrected chi connectivity index (χ2v) is 10.5. The predicted octanol–water partition coefficient (Wildman–Crippen LogP) is 5.87. The Balaban J connectivity index is 1.78. The van der Waals surface area contributed by atoms with Gasteiger partial charge in [0.25, 0.3) is 10.0 Å². The zero-order valence-electron chi connectivity index (χ0n) is 19.8. The van der Waals surface area contributed by atoms with Crippen LogP contribution in [0.4, 0.5) is 5.69 Å². The normalized spacial score (nSPS) is 11.7. The lowest BCUT2D eigenvalue weighted by molar-refractivity contribution is 0.0697. The Morgan fingerprint density at radius 3 is 2.23 bits per heavy atom. The van der Waals surface area contributed by atoms with Gasteiger partial charge in [-0.3, -0.25) is 4.31 Å². The molecule has 0 radical (unpaired) electrons. The molecular weight excluding hydrogens is 466 g/mol. The number of carboxylic acid groups (broad SMARTS) is 1. The minimum absolute atomic E-state index is 0.0312. The van der Waals surface area contributed by atoms with Gasteiger partial charge in [0.2, 0.25) is 5.09 Å². The summed E-state index contributed by atoms with van der Waals surface area (Å²) in [5.74, 6) is -0.0629. The van der Waals surface area contributed by atoms with Crippen LogP contribution in [0.25, 0.3) is 10.8 Å². The van der Waals surface area contributed by atoms with E-state index in [1.54, 1.807) is 25.1 Å². The number of carboxylic acids is 1. The molecule has 0 bridgehead atoms. The third-order valence-electron chi connectivity index (χ3n) is 5.48. The SMILES string of the molecule is Cc1ccc(S(=O)(=O)N(CC(C)C)c2cc3ccccc3cc2OCc2ccc(C(=O)O)cc2)o1. The maximum atomic E-state index is 13.7. The smallest absolute Gasteiger partial charge is 0.335 e. The number of sulfonamides is 1. The molecule has 4 aromatic rings. The Kier molecular flexibility index (Phi) is 6.84. The standard InChI is InChI=1S/C27H27NO6S/c1-18(2)16-28(35(31,32)26-13-8-19(3)34-26)24-14-22-6-4-5-7-23(22)15-25(24)33-17-20-9-11-21(12-10-20)27(29)30/h4-15,18H,16-17H2,1-3H3,(H,29,30). The van der Waals surface area contributed by atoms with E-state index in [0.717, 1.165) is 16.3 Å². The molecule has 1 heterocycles. The Labute approximate surface area is 204 Å². The molecule has 3 aromatic carbocycles. The van der Waals surface area contributed by atoms with Gasteiger partial charge in [-0.25, -0.2) is 4.79 Å². The van der Waals surface area contributed by atoms with Gasteiger partial charge < -0.3 is 14.3 Å². The van der Waals surface area contributed by atoms with Crippen LogP contribution in [0, 0.1) is 12.8 Å². The van der Waals surface area contributed by atoms with Crippen molar-refractivity contribution < 1.29 is 27.5 Å². The first kappa shape index (κ1) is 24.3. The maximum absolute atomic E-state index is 13.7. The Bertz CT molecular complexity index is 1450. The van der Waals surface area contributed by atoms with Gasteiger partial charge in [0.1, 0.15) is 18.1 Å². The third kappa shape index (κ3) is 5.33. The van der Waals surface area contributed by atoms with E-state index in [-0.39, 0.29) is 29.7 Å². The highest BCUT2D eigenvalue weighted by atomic mass is 32.2. The number of aryl methyl sites for hydroxylation is 1. The number of fused-ring (bicyclic) bond motifs is 1. The fourth-order valence-corrected chi connectivity index (χ4v) is 5.33. The number of carbonyl (C=O) groups is 1. The molecule has 35 heavy (non-hydrogen) atoms. The van der Waals surface area contributed by atoms with Crippen molar-refractivity contribution in [3.05, 3.63) is 89.7 Å². The van der Waals surface area contributed by atoms with Crippen LogP contribution >= 0.6 is 0 Å². The average molecular weight is 494 g/mol. The van der Waals surface area contributed by atoms with Crippen LogP contribution in [-0.2, 0) is 16.6 Å². The van der Waals surface area contributed by atoms with E-state index < -0.39 is 16.0 Å². The van der Waals surface area contributed by atoms with Gasteiger partial charge >= 0.3 is 5.97 Å². The summed E-state index contributed by atoms with van der Waals surface area (Å²) in [5.41, 5.74) is 1.35. The number of nitrogens with zero attached hydrogens (tertiary/aromatic N) is 1. The van der Waals surface area contributed by atoms with E-state index in [9.17, 15) is 13.2 Å². The van der Waals surface area contributed by atoms with Crippen molar-refractivity contribution in [2.75, 3.05) is 10.8 Å².